The third-order valence-corrected chi connectivity index (χ3v) is 2.86. The lowest BCUT2D eigenvalue weighted by Gasteiger charge is -2.12. The molecule has 0 fully saturated rings. The van der Waals surface area contributed by atoms with E-state index in [1.807, 2.05) is 13.8 Å². The van der Waals surface area contributed by atoms with Crippen molar-refractivity contribution in [3.05, 3.63) is 46.8 Å². The Balaban J connectivity index is 3.24. The minimum absolute atomic E-state index is 0.0170. The summed E-state index contributed by atoms with van der Waals surface area (Å²) in [6, 6.07) is 5.25. The van der Waals surface area contributed by atoms with Gasteiger partial charge in [-0.1, -0.05) is 19.4 Å². The minimum atomic E-state index is -1.13. The van der Waals surface area contributed by atoms with E-state index in [4.69, 9.17) is 5.41 Å². The molecule has 0 unspecified atom stereocenters. The van der Waals surface area contributed by atoms with E-state index in [1.54, 1.807) is 6.92 Å². The number of halogens is 1. The Morgan fingerprint density at radius 2 is 1.78 bits per heavy atom. The van der Waals surface area contributed by atoms with E-state index in [1.165, 1.54) is 24.3 Å². The second-order valence-electron chi connectivity index (χ2n) is 4.40. The van der Waals surface area contributed by atoms with Gasteiger partial charge in [-0.15, -0.1) is 0 Å². The van der Waals surface area contributed by atoms with Crippen LogP contribution in [0.5, 0.6) is 0 Å². The molecule has 0 bridgehead atoms. The molecular weight excluding hydrogens is 233 g/mol. The molecule has 18 heavy (non-hydrogen) atoms. The zero-order chi connectivity index (χ0) is 13.9. The molecule has 0 aliphatic carbocycles. The summed E-state index contributed by atoms with van der Waals surface area (Å²) in [4.78, 5) is 11.3. The third-order valence-electron chi connectivity index (χ3n) is 2.86. The Bertz CT molecular complexity index is 501. The lowest BCUT2D eigenvalue weighted by Crippen LogP contribution is -2.16. The van der Waals surface area contributed by atoms with E-state index in [-0.39, 0.29) is 17.2 Å². The summed E-state index contributed by atoms with van der Waals surface area (Å²) < 4.78 is 12.8. The number of carbonyl (C=O) groups is 1. The van der Waals surface area contributed by atoms with Crippen LogP contribution in [0.1, 0.15) is 26.3 Å². The molecule has 0 aliphatic rings. The number of nitrogens with one attached hydrogen (secondary N) is 1. The molecule has 0 saturated heterocycles. The number of hydrogen-bond donors (Lipinski definition) is 2. The van der Waals surface area contributed by atoms with Crippen molar-refractivity contribution in [3.63, 3.8) is 0 Å². The normalized spacial score (nSPS) is 12.3. The van der Waals surface area contributed by atoms with Gasteiger partial charge in [0, 0.05) is 5.56 Å². The molecule has 0 radical (unpaired) electrons. The van der Waals surface area contributed by atoms with Crippen molar-refractivity contribution in [2.75, 3.05) is 0 Å². The van der Waals surface area contributed by atoms with E-state index < -0.39 is 11.8 Å². The number of carboxylic acid groups (broad SMARTS) is 1. The van der Waals surface area contributed by atoms with Crippen molar-refractivity contribution in [1.29, 1.82) is 5.41 Å². The van der Waals surface area contributed by atoms with E-state index in [9.17, 15) is 14.3 Å². The summed E-state index contributed by atoms with van der Waals surface area (Å²) >= 11 is 0. The number of hydrogen-bond acceptors (Lipinski definition) is 2. The number of carboxylic acids is 1. The topological polar surface area (TPSA) is 61.2 Å². The Kier molecular flexibility index (Phi) is 4.37. The Morgan fingerprint density at radius 3 is 2.17 bits per heavy atom. The zero-order valence-electron chi connectivity index (χ0n) is 10.6. The molecule has 2 N–H and O–H groups in total. The fraction of sp³-hybridized carbons (Fsp3) is 0.286. The largest absolute Gasteiger partial charge is 0.478 e. The van der Waals surface area contributed by atoms with Gasteiger partial charge in [0.25, 0.3) is 0 Å². The van der Waals surface area contributed by atoms with Crippen molar-refractivity contribution >= 4 is 11.7 Å². The van der Waals surface area contributed by atoms with Crippen molar-refractivity contribution < 1.29 is 14.3 Å². The molecular formula is C14H16FNO2. The quantitative estimate of drug-likeness (QED) is 0.635. The molecule has 0 spiro atoms. The lowest BCUT2D eigenvalue weighted by molar-refractivity contribution is -0.132. The van der Waals surface area contributed by atoms with Gasteiger partial charge in [-0.05, 0) is 37.1 Å². The van der Waals surface area contributed by atoms with Crippen LogP contribution in [0.2, 0.25) is 0 Å². The molecule has 0 atom stereocenters. The van der Waals surface area contributed by atoms with Crippen molar-refractivity contribution in [2.24, 2.45) is 5.92 Å². The Morgan fingerprint density at radius 1 is 1.28 bits per heavy atom. The van der Waals surface area contributed by atoms with Gasteiger partial charge < -0.3 is 5.11 Å². The summed E-state index contributed by atoms with van der Waals surface area (Å²) in [5, 5.41) is 17.2. The summed E-state index contributed by atoms with van der Waals surface area (Å²) in [5.74, 6) is -1.50. The first-order valence-electron chi connectivity index (χ1n) is 5.63. The number of allylic oxidation sites excluding steroid dienone is 1. The summed E-state index contributed by atoms with van der Waals surface area (Å²) in [5.41, 5.74) is 0.927. The summed E-state index contributed by atoms with van der Waals surface area (Å²) in [7, 11) is 0. The average molecular weight is 249 g/mol. The van der Waals surface area contributed by atoms with Crippen LogP contribution in [-0.4, -0.2) is 16.8 Å². The van der Waals surface area contributed by atoms with Gasteiger partial charge in [0.15, 0.2) is 0 Å². The molecule has 3 nitrogen and oxygen atoms in total. The fourth-order valence-electron chi connectivity index (χ4n) is 1.52. The molecule has 96 valence electrons. The van der Waals surface area contributed by atoms with E-state index in [0.29, 0.717) is 11.1 Å². The maximum Gasteiger partial charge on any atom is 0.337 e. The molecule has 0 amide bonds. The molecule has 4 heteroatoms. The number of aliphatic carboxylic acids is 1. The van der Waals surface area contributed by atoms with Crippen LogP contribution in [-0.2, 0) is 4.79 Å². The molecule has 1 aromatic carbocycles. The van der Waals surface area contributed by atoms with Gasteiger partial charge in [0.1, 0.15) is 5.82 Å². The fourth-order valence-corrected chi connectivity index (χ4v) is 1.52. The van der Waals surface area contributed by atoms with Gasteiger partial charge in [-0.25, -0.2) is 9.18 Å². The van der Waals surface area contributed by atoms with Crippen LogP contribution < -0.4 is 0 Å². The molecule has 1 rings (SSSR count). The second kappa shape index (κ2) is 5.58. The van der Waals surface area contributed by atoms with Crippen molar-refractivity contribution in [2.45, 2.75) is 20.8 Å². The summed E-state index contributed by atoms with van der Waals surface area (Å²) in [6.45, 7) is 5.44. The predicted molar refractivity (Wildman–Crippen MR) is 68.4 cm³/mol. The molecule has 0 saturated carbocycles. The van der Waals surface area contributed by atoms with Crippen LogP contribution in [0.4, 0.5) is 4.39 Å². The van der Waals surface area contributed by atoms with Gasteiger partial charge >= 0.3 is 5.97 Å². The number of benzene rings is 1. The van der Waals surface area contributed by atoms with Crippen LogP contribution in [0, 0.1) is 17.1 Å². The molecule has 0 heterocycles. The van der Waals surface area contributed by atoms with Crippen molar-refractivity contribution in [3.8, 4) is 0 Å². The number of rotatable bonds is 4. The highest BCUT2D eigenvalue weighted by atomic mass is 19.1. The highest BCUT2D eigenvalue weighted by Gasteiger charge is 2.19. The Hall–Kier alpha value is -1.97. The van der Waals surface area contributed by atoms with Gasteiger partial charge in [-0.3, -0.25) is 5.41 Å². The van der Waals surface area contributed by atoms with Crippen LogP contribution >= 0.6 is 0 Å². The molecule has 0 aromatic heterocycles. The van der Waals surface area contributed by atoms with Crippen molar-refractivity contribution in [1.82, 2.24) is 0 Å². The van der Waals surface area contributed by atoms with E-state index >= 15 is 0 Å². The maximum absolute atomic E-state index is 12.8. The Labute approximate surface area is 105 Å². The van der Waals surface area contributed by atoms with E-state index in [2.05, 4.69) is 0 Å². The van der Waals surface area contributed by atoms with Gasteiger partial charge in [-0.2, -0.15) is 0 Å². The van der Waals surface area contributed by atoms with Crippen LogP contribution in [0.3, 0.4) is 0 Å². The highest BCUT2D eigenvalue weighted by Crippen LogP contribution is 2.19. The standard InChI is InChI=1S/C14H16FNO2/c1-8(2)9(3)12(14(17)18)13(16)10-4-6-11(15)7-5-10/h4-8,16H,1-3H3,(H,17,18)/b12-9-,16-13?. The SMILES string of the molecule is C/C(=C(\C(=N)c1ccc(F)cc1)C(=O)O)C(C)C. The van der Waals surface area contributed by atoms with Gasteiger partial charge in [0.2, 0.25) is 0 Å². The van der Waals surface area contributed by atoms with Crippen LogP contribution in [0.15, 0.2) is 35.4 Å². The lowest BCUT2D eigenvalue weighted by atomic mass is 9.92. The predicted octanol–water partition coefficient (Wildman–Crippen LogP) is 3.25. The van der Waals surface area contributed by atoms with E-state index in [0.717, 1.165) is 0 Å². The van der Waals surface area contributed by atoms with Gasteiger partial charge in [0.05, 0.1) is 11.3 Å². The first-order valence-corrected chi connectivity index (χ1v) is 5.63. The smallest absolute Gasteiger partial charge is 0.337 e. The first-order chi connectivity index (χ1) is 8.34. The first kappa shape index (κ1) is 14.1. The molecule has 0 aliphatic heterocycles. The third kappa shape index (κ3) is 3.03. The maximum atomic E-state index is 12.8. The summed E-state index contributed by atoms with van der Waals surface area (Å²) in [6.07, 6.45) is 0. The van der Waals surface area contributed by atoms with Crippen LogP contribution in [0.25, 0.3) is 0 Å². The minimum Gasteiger partial charge on any atom is -0.478 e. The second-order valence-corrected chi connectivity index (χ2v) is 4.40. The zero-order valence-corrected chi connectivity index (χ0v) is 10.6. The molecule has 1 aromatic rings. The monoisotopic (exact) mass is 249 g/mol. The highest BCUT2D eigenvalue weighted by molar-refractivity contribution is 6.25. The average Bonchev–Trinajstić information content (AvgIpc) is 2.29.